The molecule has 0 aliphatic carbocycles. The Balaban J connectivity index is 1.58. The van der Waals surface area contributed by atoms with Gasteiger partial charge in [0.15, 0.2) is 0 Å². The summed E-state index contributed by atoms with van der Waals surface area (Å²) in [5.74, 6) is -0.230. The smallest absolute Gasteiger partial charge is 0.338 e. The van der Waals surface area contributed by atoms with Crippen molar-refractivity contribution in [3.05, 3.63) is 35.9 Å². The number of rotatable bonds is 13. The molecule has 24 heavy (non-hydrogen) atoms. The highest BCUT2D eigenvalue weighted by Crippen LogP contribution is 2.23. The second-order valence-corrected chi connectivity index (χ2v) is 6.80. The third kappa shape index (κ3) is 7.48. The van der Waals surface area contributed by atoms with Crippen LogP contribution in [0.3, 0.4) is 0 Å². The lowest BCUT2D eigenvalue weighted by molar-refractivity contribution is 0.0200. The number of esters is 1. The van der Waals surface area contributed by atoms with Crippen LogP contribution in [0.1, 0.15) is 81.5 Å². The quantitative estimate of drug-likeness (QED) is 0.271. The second kappa shape index (κ2) is 11.2. The molecule has 0 amide bonds. The van der Waals surface area contributed by atoms with Gasteiger partial charge in [0.25, 0.3) is 0 Å². The van der Waals surface area contributed by atoms with Gasteiger partial charge >= 0.3 is 5.97 Å². The van der Waals surface area contributed by atoms with Crippen molar-refractivity contribution >= 4 is 5.97 Å². The highest BCUT2D eigenvalue weighted by atomic mass is 16.6. The van der Waals surface area contributed by atoms with Crippen LogP contribution >= 0.6 is 0 Å². The van der Waals surface area contributed by atoms with Crippen molar-refractivity contribution in [2.75, 3.05) is 6.61 Å². The van der Waals surface area contributed by atoms with Crippen molar-refractivity contribution < 1.29 is 14.3 Å². The molecule has 1 aromatic carbocycles. The normalized spacial score (nSPS) is 17.5. The summed E-state index contributed by atoms with van der Waals surface area (Å²) < 4.78 is 11.0. The molecular weight excluding hydrogens is 300 g/mol. The molecule has 2 rings (SSSR count). The number of epoxide rings is 1. The minimum atomic E-state index is -0.230. The van der Waals surface area contributed by atoms with Crippen LogP contribution < -0.4 is 0 Å². The van der Waals surface area contributed by atoms with E-state index in [2.05, 4.69) is 6.92 Å². The number of hydrogen-bond acceptors (Lipinski definition) is 3. The maximum Gasteiger partial charge on any atom is 0.338 e. The molecule has 1 fully saturated rings. The van der Waals surface area contributed by atoms with Crippen LogP contribution in [0.25, 0.3) is 0 Å². The summed E-state index contributed by atoms with van der Waals surface area (Å²) in [7, 11) is 0. The fourth-order valence-electron chi connectivity index (χ4n) is 3.03. The molecule has 0 unspecified atom stereocenters. The van der Waals surface area contributed by atoms with E-state index in [0.717, 1.165) is 19.4 Å². The van der Waals surface area contributed by atoms with Crippen molar-refractivity contribution in [3.63, 3.8) is 0 Å². The number of ether oxygens (including phenoxy) is 2. The Hall–Kier alpha value is -1.35. The third-order valence-electron chi connectivity index (χ3n) is 4.63. The summed E-state index contributed by atoms with van der Waals surface area (Å²) in [5, 5.41) is 0. The van der Waals surface area contributed by atoms with Gasteiger partial charge in [-0.3, -0.25) is 0 Å². The van der Waals surface area contributed by atoms with Gasteiger partial charge in [0, 0.05) is 0 Å². The van der Waals surface area contributed by atoms with Gasteiger partial charge in [-0.2, -0.15) is 0 Å². The van der Waals surface area contributed by atoms with Crippen molar-refractivity contribution in [1.82, 2.24) is 0 Å². The fourth-order valence-corrected chi connectivity index (χ4v) is 3.03. The van der Waals surface area contributed by atoms with E-state index in [1.807, 2.05) is 18.2 Å². The molecule has 0 aromatic heterocycles. The molecule has 0 spiro atoms. The summed E-state index contributed by atoms with van der Waals surface area (Å²) >= 11 is 0. The van der Waals surface area contributed by atoms with Gasteiger partial charge in [-0.15, -0.1) is 0 Å². The monoisotopic (exact) mass is 332 g/mol. The largest absolute Gasteiger partial charge is 0.456 e. The van der Waals surface area contributed by atoms with Crippen molar-refractivity contribution in [1.29, 1.82) is 0 Å². The molecule has 1 aromatic rings. The predicted molar refractivity (Wildman–Crippen MR) is 97.2 cm³/mol. The van der Waals surface area contributed by atoms with Gasteiger partial charge in [-0.25, -0.2) is 4.79 Å². The SMILES string of the molecule is CCCCCCCCCCC[C@H](OC(=O)c1ccccc1)[C@@H]1CO1. The van der Waals surface area contributed by atoms with Crippen molar-refractivity contribution in [3.8, 4) is 0 Å². The molecule has 1 aliphatic rings. The van der Waals surface area contributed by atoms with Gasteiger partial charge in [0.05, 0.1) is 12.2 Å². The van der Waals surface area contributed by atoms with Gasteiger partial charge in [-0.1, -0.05) is 76.5 Å². The molecule has 134 valence electrons. The lowest BCUT2D eigenvalue weighted by Crippen LogP contribution is -2.24. The minimum absolute atomic E-state index is 0.0812. The molecule has 0 radical (unpaired) electrons. The van der Waals surface area contributed by atoms with Crippen LogP contribution in [0.5, 0.6) is 0 Å². The Bertz CT molecular complexity index is 453. The molecule has 3 nitrogen and oxygen atoms in total. The maximum absolute atomic E-state index is 12.2. The van der Waals surface area contributed by atoms with Crippen LogP contribution in [-0.4, -0.2) is 24.8 Å². The molecule has 0 bridgehead atoms. The van der Waals surface area contributed by atoms with Gasteiger partial charge in [0.2, 0.25) is 0 Å². The standard InChI is InChI=1S/C21H32O3/c1-2-3-4-5-6-7-8-9-13-16-19(20-17-23-20)24-21(22)18-14-11-10-12-15-18/h10-12,14-15,19-20H,2-9,13,16-17H2,1H3/t19-,20-/m0/s1. The van der Waals surface area contributed by atoms with Crippen LogP contribution in [-0.2, 0) is 9.47 Å². The zero-order valence-electron chi connectivity index (χ0n) is 15.0. The topological polar surface area (TPSA) is 38.8 Å². The van der Waals surface area contributed by atoms with E-state index in [4.69, 9.17) is 9.47 Å². The second-order valence-electron chi connectivity index (χ2n) is 6.80. The van der Waals surface area contributed by atoms with Crippen LogP contribution in [0, 0.1) is 0 Å². The predicted octanol–water partition coefficient (Wildman–Crippen LogP) is 5.53. The first kappa shape index (κ1) is 19.0. The average Bonchev–Trinajstić information content (AvgIpc) is 3.45. The summed E-state index contributed by atoms with van der Waals surface area (Å²) in [6.07, 6.45) is 12.7. The average molecular weight is 332 g/mol. The molecule has 0 N–H and O–H groups in total. The third-order valence-corrected chi connectivity index (χ3v) is 4.63. The number of hydrogen-bond donors (Lipinski definition) is 0. The first-order chi connectivity index (χ1) is 11.8. The van der Waals surface area contributed by atoms with Gasteiger partial charge < -0.3 is 9.47 Å². The Kier molecular flexibility index (Phi) is 8.90. The first-order valence-electron chi connectivity index (χ1n) is 9.69. The summed E-state index contributed by atoms with van der Waals surface area (Å²) in [6.45, 7) is 2.98. The van der Waals surface area contributed by atoms with Crippen LogP contribution in [0.4, 0.5) is 0 Å². The number of carbonyl (C=O) groups is 1. The first-order valence-corrected chi connectivity index (χ1v) is 9.69. The van der Waals surface area contributed by atoms with E-state index in [-0.39, 0.29) is 18.2 Å². The lowest BCUT2D eigenvalue weighted by atomic mass is 10.0. The summed E-state index contributed by atoms with van der Waals surface area (Å²) in [6, 6.07) is 9.22. The molecule has 3 heteroatoms. The Morgan fingerprint density at radius 1 is 1.04 bits per heavy atom. The highest BCUT2D eigenvalue weighted by Gasteiger charge is 2.35. The maximum atomic E-state index is 12.2. The minimum Gasteiger partial charge on any atom is -0.456 e. The zero-order valence-corrected chi connectivity index (χ0v) is 15.0. The van der Waals surface area contributed by atoms with E-state index in [9.17, 15) is 4.79 Å². The highest BCUT2D eigenvalue weighted by molar-refractivity contribution is 5.89. The van der Waals surface area contributed by atoms with E-state index in [0.29, 0.717) is 5.56 Å². The van der Waals surface area contributed by atoms with Crippen LogP contribution in [0.15, 0.2) is 30.3 Å². The fraction of sp³-hybridized carbons (Fsp3) is 0.667. The van der Waals surface area contributed by atoms with E-state index in [1.54, 1.807) is 12.1 Å². The van der Waals surface area contributed by atoms with E-state index in [1.165, 1.54) is 51.4 Å². The number of benzene rings is 1. The zero-order chi connectivity index (χ0) is 17.0. The van der Waals surface area contributed by atoms with Gasteiger partial charge in [0.1, 0.15) is 12.2 Å². The van der Waals surface area contributed by atoms with Crippen molar-refractivity contribution in [2.45, 2.75) is 83.3 Å². The number of carbonyl (C=O) groups excluding carboxylic acids is 1. The van der Waals surface area contributed by atoms with E-state index >= 15 is 0 Å². The van der Waals surface area contributed by atoms with Gasteiger partial charge in [-0.05, 0) is 25.0 Å². The Morgan fingerprint density at radius 3 is 2.21 bits per heavy atom. The molecular formula is C21H32O3. The molecule has 2 atom stereocenters. The molecule has 1 aliphatic heterocycles. The molecule has 1 saturated heterocycles. The van der Waals surface area contributed by atoms with Crippen LogP contribution in [0.2, 0.25) is 0 Å². The Morgan fingerprint density at radius 2 is 1.62 bits per heavy atom. The Labute approximate surface area is 146 Å². The molecule has 0 saturated carbocycles. The van der Waals surface area contributed by atoms with E-state index < -0.39 is 0 Å². The van der Waals surface area contributed by atoms with Crippen molar-refractivity contribution in [2.24, 2.45) is 0 Å². The lowest BCUT2D eigenvalue weighted by Gasteiger charge is -2.16. The molecule has 1 heterocycles. The summed E-state index contributed by atoms with van der Waals surface area (Å²) in [4.78, 5) is 12.2. The number of unbranched alkanes of at least 4 members (excludes halogenated alkanes) is 8. The summed E-state index contributed by atoms with van der Waals surface area (Å²) in [5.41, 5.74) is 0.621.